The first-order valence-electron chi connectivity index (χ1n) is 8.68. The van der Waals surface area contributed by atoms with E-state index in [9.17, 15) is 5.11 Å². The van der Waals surface area contributed by atoms with Gasteiger partial charge in [0, 0.05) is 41.4 Å². The minimum absolute atomic E-state index is 0.316. The fourth-order valence-electron chi connectivity index (χ4n) is 3.50. The number of hydrogen-bond acceptors (Lipinski definition) is 5. The Bertz CT molecular complexity index is 867. The van der Waals surface area contributed by atoms with Crippen LogP contribution in [0.15, 0.2) is 36.5 Å². The number of H-pyrrole nitrogens is 1. The Morgan fingerprint density at radius 3 is 3.00 bits per heavy atom. The number of nitrogens with zero attached hydrogens (tertiary/aromatic N) is 1. The summed E-state index contributed by atoms with van der Waals surface area (Å²) in [5.74, 6) is 0. The SMILES string of the molecule is C[C@H]1O[C@H](OCCc2nccc3c2[nH]c2ccccc23)C[C@@H](N)[C@@H]1O. The van der Waals surface area contributed by atoms with Gasteiger partial charge in [-0.15, -0.1) is 0 Å². The molecule has 1 aliphatic heterocycles. The molecule has 6 nitrogen and oxygen atoms in total. The molecule has 4 atom stereocenters. The van der Waals surface area contributed by atoms with E-state index in [0.29, 0.717) is 19.4 Å². The van der Waals surface area contributed by atoms with Gasteiger partial charge in [0.05, 0.1) is 30.0 Å². The minimum Gasteiger partial charge on any atom is -0.389 e. The molecule has 0 bridgehead atoms. The highest BCUT2D eigenvalue weighted by atomic mass is 16.7. The van der Waals surface area contributed by atoms with Crippen LogP contribution in [0.4, 0.5) is 0 Å². The summed E-state index contributed by atoms with van der Waals surface area (Å²) in [6.07, 6.45) is 1.68. The van der Waals surface area contributed by atoms with Crippen molar-refractivity contribution in [1.29, 1.82) is 0 Å². The molecule has 3 aromatic rings. The first-order valence-corrected chi connectivity index (χ1v) is 8.68. The molecule has 0 unspecified atom stereocenters. The highest BCUT2D eigenvalue weighted by Crippen LogP contribution is 2.27. The molecule has 25 heavy (non-hydrogen) atoms. The Labute approximate surface area is 145 Å². The molecule has 1 saturated heterocycles. The van der Waals surface area contributed by atoms with Crippen LogP contribution >= 0.6 is 0 Å². The molecule has 0 spiro atoms. The van der Waals surface area contributed by atoms with Crippen LogP contribution in [0.1, 0.15) is 19.0 Å². The first-order chi connectivity index (χ1) is 12.1. The lowest BCUT2D eigenvalue weighted by atomic mass is 10.0. The number of para-hydroxylation sites is 1. The molecular weight excluding hydrogens is 318 g/mol. The summed E-state index contributed by atoms with van der Waals surface area (Å²) in [7, 11) is 0. The van der Waals surface area contributed by atoms with Gasteiger partial charge < -0.3 is 25.3 Å². The smallest absolute Gasteiger partial charge is 0.159 e. The maximum absolute atomic E-state index is 9.84. The van der Waals surface area contributed by atoms with Crippen molar-refractivity contribution in [3.8, 4) is 0 Å². The Hall–Kier alpha value is -1.99. The Balaban J connectivity index is 1.46. The fourth-order valence-corrected chi connectivity index (χ4v) is 3.50. The number of pyridine rings is 1. The molecule has 0 radical (unpaired) electrons. The zero-order valence-corrected chi connectivity index (χ0v) is 14.2. The second kappa shape index (κ2) is 6.72. The molecule has 6 heteroatoms. The lowest BCUT2D eigenvalue weighted by Gasteiger charge is -2.35. The van der Waals surface area contributed by atoms with Crippen molar-refractivity contribution >= 4 is 21.8 Å². The van der Waals surface area contributed by atoms with Crippen molar-refractivity contribution in [2.75, 3.05) is 6.61 Å². The van der Waals surface area contributed by atoms with Crippen molar-refractivity contribution < 1.29 is 14.6 Å². The van der Waals surface area contributed by atoms with Crippen molar-refractivity contribution in [3.05, 3.63) is 42.2 Å². The van der Waals surface area contributed by atoms with Gasteiger partial charge in [-0.3, -0.25) is 4.98 Å². The fraction of sp³-hybridized carbons (Fsp3) is 0.421. The summed E-state index contributed by atoms with van der Waals surface area (Å²) in [6.45, 7) is 2.30. The zero-order chi connectivity index (χ0) is 17.4. The van der Waals surface area contributed by atoms with Gasteiger partial charge in [-0.25, -0.2) is 0 Å². The van der Waals surface area contributed by atoms with E-state index >= 15 is 0 Å². The molecule has 4 rings (SSSR count). The second-order valence-corrected chi connectivity index (χ2v) is 6.63. The summed E-state index contributed by atoms with van der Waals surface area (Å²) >= 11 is 0. The average molecular weight is 341 g/mol. The van der Waals surface area contributed by atoms with E-state index in [1.54, 1.807) is 0 Å². The number of aromatic nitrogens is 2. The standard InChI is InChI=1S/C19H23N3O3/c1-11-19(23)14(20)10-17(25-11)24-9-7-16-18-13(6-8-21-16)12-4-2-3-5-15(12)22-18/h2-6,8,11,14,17,19,22-23H,7,9-10,20H2,1H3/t11-,14-,17+,19-/m1/s1. The van der Waals surface area contributed by atoms with Crippen LogP contribution in [0.5, 0.6) is 0 Å². The Morgan fingerprint density at radius 1 is 1.32 bits per heavy atom. The Morgan fingerprint density at radius 2 is 2.16 bits per heavy atom. The molecule has 0 saturated carbocycles. The first kappa shape index (κ1) is 16.5. The summed E-state index contributed by atoms with van der Waals surface area (Å²) in [5, 5.41) is 12.2. The Kier molecular flexibility index (Phi) is 4.43. The van der Waals surface area contributed by atoms with Gasteiger partial charge in [0.15, 0.2) is 6.29 Å². The van der Waals surface area contributed by atoms with Crippen LogP contribution in [0.2, 0.25) is 0 Å². The number of rotatable bonds is 4. The molecule has 3 heterocycles. The van der Waals surface area contributed by atoms with Crippen molar-refractivity contribution in [2.24, 2.45) is 5.73 Å². The molecule has 4 N–H and O–H groups in total. The maximum Gasteiger partial charge on any atom is 0.159 e. The zero-order valence-electron chi connectivity index (χ0n) is 14.2. The third-order valence-electron chi connectivity index (χ3n) is 4.90. The minimum atomic E-state index is -0.637. The molecule has 2 aromatic heterocycles. The number of ether oxygens (including phenoxy) is 2. The van der Waals surface area contributed by atoms with Crippen LogP contribution in [0.3, 0.4) is 0 Å². The third-order valence-corrected chi connectivity index (χ3v) is 4.90. The van der Waals surface area contributed by atoms with Crippen LogP contribution in [0.25, 0.3) is 21.8 Å². The van der Waals surface area contributed by atoms with E-state index in [1.165, 1.54) is 10.8 Å². The normalized spacial score (nSPS) is 27.2. The molecular formula is C19H23N3O3. The number of fused-ring (bicyclic) bond motifs is 3. The topological polar surface area (TPSA) is 93.4 Å². The highest BCUT2D eigenvalue weighted by Gasteiger charge is 2.33. The van der Waals surface area contributed by atoms with Gasteiger partial charge in [-0.2, -0.15) is 0 Å². The van der Waals surface area contributed by atoms with E-state index in [0.717, 1.165) is 16.7 Å². The number of nitrogens with one attached hydrogen (secondary N) is 1. The van der Waals surface area contributed by atoms with E-state index in [4.69, 9.17) is 15.2 Å². The van der Waals surface area contributed by atoms with Crippen LogP contribution in [-0.4, -0.2) is 46.2 Å². The van der Waals surface area contributed by atoms with E-state index in [2.05, 4.69) is 22.1 Å². The van der Waals surface area contributed by atoms with Gasteiger partial charge in [-0.1, -0.05) is 18.2 Å². The van der Waals surface area contributed by atoms with Gasteiger partial charge >= 0.3 is 0 Å². The summed E-state index contributed by atoms with van der Waals surface area (Å²) in [4.78, 5) is 7.96. The van der Waals surface area contributed by atoms with Crippen LogP contribution in [0, 0.1) is 0 Å². The van der Waals surface area contributed by atoms with Crippen molar-refractivity contribution in [3.63, 3.8) is 0 Å². The van der Waals surface area contributed by atoms with Crippen LogP contribution in [-0.2, 0) is 15.9 Å². The number of nitrogens with two attached hydrogens (primary N) is 1. The number of hydrogen-bond donors (Lipinski definition) is 3. The largest absolute Gasteiger partial charge is 0.389 e. The predicted octanol–water partition coefficient (Wildman–Crippen LogP) is 2.10. The molecule has 0 amide bonds. The second-order valence-electron chi connectivity index (χ2n) is 6.63. The number of benzene rings is 1. The van der Waals surface area contributed by atoms with Crippen molar-refractivity contribution in [1.82, 2.24) is 9.97 Å². The predicted molar refractivity (Wildman–Crippen MR) is 96.2 cm³/mol. The number of aromatic amines is 1. The monoisotopic (exact) mass is 341 g/mol. The third kappa shape index (κ3) is 3.14. The van der Waals surface area contributed by atoms with Gasteiger partial charge in [0.2, 0.25) is 0 Å². The lowest BCUT2D eigenvalue weighted by Crippen LogP contribution is -2.51. The van der Waals surface area contributed by atoms with Crippen molar-refractivity contribution in [2.45, 2.75) is 44.3 Å². The van der Waals surface area contributed by atoms with Gasteiger partial charge in [0.25, 0.3) is 0 Å². The van der Waals surface area contributed by atoms with E-state index in [-0.39, 0.29) is 18.4 Å². The van der Waals surface area contributed by atoms with Crippen LogP contribution < -0.4 is 5.73 Å². The molecule has 132 valence electrons. The summed E-state index contributed by atoms with van der Waals surface area (Å²) < 4.78 is 11.5. The highest BCUT2D eigenvalue weighted by molar-refractivity contribution is 6.07. The van der Waals surface area contributed by atoms with E-state index < -0.39 is 6.10 Å². The van der Waals surface area contributed by atoms with Gasteiger partial charge in [0.1, 0.15) is 0 Å². The lowest BCUT2D eigenvalue weighted by molar-refractivity contribution is -0.221. The molecule has 1 fully saturated rings. The summed E-state index contributed by atoms with van der Waals surface area (Å²) in [6, 6.07) is 9.96. The molecule has 0 aliphatic carbocycles. The maximum atomic E-state index is 9.84. The average Bonchev–Trinajstić information content (AvgIpc) is 2.99. The number of aliphatic hydroxyl groups excluding tert-OH is 1. The quantitative estimate of drug-likeness (QED) is 0.676. The number of aliphatic hydroxyl groups is 1. The molecule has 1 aromatic carbocycles. The van der Waals surface area contributed by atoms with Gasteiger partial charge in [-0.05, 0) is 19.1 Å². The van der Waals surface area contributed by atoms with E-state index in [1.807, 2.05) is 31.3 Å². The molecule has 1 aliphatic rings. The summed E-state index contributed by atoms with van der Waals surface area (Å²) in [5.41, 5.74) is 9.07.